The first-order chi connectivity index (χ1) is 14.6. The summed E-state index contributed by atoms with van der Waals surface area (Å²) < 4.78 is 0. The number of hydrogen-bond donors (Lipinski definition) is 1. The number of anilines is 2. The van der Waals surface area contributed by atoms with Crippen molar-refractivity contribution >= 4 is 23.2 Å². The van der Waals surface area contributed by atoms with E-state index in [-0.39, 0.29) is 29.7 Å². The monoisotopic (exact) mass is 423 g/mol. The molecule has 0 heterocycles. The number of nitrogens with one attached hydrogen (secondary N) is 1. The quantitative estimate of drug-likeness (QED) is 0.597. The van der Waals surface area contributed by atoms with Gasteiger partial charge in [-0.15, -0.1) is 0 Å². The summed E-state index contributed by atoms with van der Waals surface area (Å²) in [7, 11) is 3.98. The minimum Gasteiger partial charge on any atom is -0.377 e. The molecule has 0 saturated carbocycles. The smallest absolute Gasteiger partial charge is 0.230 e. The normalized spacial score (nSPS) is 12.0. The molecule has 168 valence electrons. The van der Waals surface area contributed by atoms with Crippen LogP contribution in [0.5, 0.6) is 0 Å². The van der Waals surface area contributed by atoms with Gasteiger partial charge in [0.05, 0.1) is 5.92 Å². The van der Waals surface area contributed by atoms with Gasteiger partial charge in [-0.3, -0.25) is 9.59 Å². The van der Waals surface area contributed by atoms with Crippen molar-refractivity contribution in [1.82, 2.24) is 4.90 Å². The molecule has 0 bridgehead atoms. The summed E-state index contributed by atoms with van der Waals surface area (Å²) in [5.41, 5.74) is 3.85. The van der Waals surface area contributed by atoms with E-state index in [9.17, 15) is 9.59 Å². The molecule has 0 saturated heterocycles. The van der Waals surface area contributed by atoms with Gasteiger partial charge in [0, 0.05) is 44.0 Å². The van der Waals surface area contributed by atoms with E-state index in [1.165, 1.54) is 0 Å². The van der Waals surface area contributed by atoms with Crippen LogP contribution in [0.25, 0.3) is 0 Å². The molecule has 0 aliphatic carbocycles. The number of nitrogens with zero attached hydrogens (tertiary/aromatic N) is 2. The molecule has 5 heteroatoms. The largest absolute Gasteiger partial charge is 0.377 e. The fourth-order valence-electron chi connectivity index (χ4n) is 3.65. The van der Waals surface area contributed by atoms with Crippen molar-refractivity contribution in [1.29, 1.82) is 0 Å². The average Bonchev–Trinajstić information content (AvgIpc) is 2.72. The molecule has 1 atom stereocenters. The minimum absolute atomic E-state index is 0.0181. The number of carbonyl (C=O) groups excluding carboxylic acids is 2. The van der Waals surface area contributed by atoms with E-state index < -0.39 is 0 Å². The highest BCUT2D eigenvalue weighted by Gasteiger charge is 2.27. The Morgan fingerprint density at radius 2 is 1.61 bits per heavy atom. The van der Waals surface area contributed by atoms with Crippen molar-refractivity contribution in [3.8, 4) is 0 Å². The Morgan fingerprint density at radius 1 is 0.968 bits per heavy atom. The van der Waals surface area contributed by atoms with E-state index >= 15 is 0 Å². The van der Waals surface area contributed by atoms with Crippen molar-refractivity contribution in [3.63, 3.8) is 0 Å². The van der Waals surface area contributed by atoms with Crippen LogP contribution in [0.2, 0.25) is 0 Å². The second-order valence-electron chi connectivity index (χ2n) is 8.81. The lowest BCUT2D eigenvalue weighted by Crippen LogP contribution is -2.39. The third-order valence-corrected chi connectivity index (χ3v) is 5.51. The van der Waals surface area contributed by atoms with Crippen molar-refractivity contribution in [2.45, 2.75) is 59.5 Å². The predicted molar refractivity (Wildman–Crippen MR) is 129 cm³/mol. The fourth-order valence-corrected chi connectivity index (χ4v) is 3.65. The van der Waals surface area contributed by atoms with E-state index in [4.69, 9.17) is 0 Å². The number of benzene rings is 2. The Bertz CT molecular complexity index is 875. The molecule has 0 spiro atoms. The maximum absolute atomic E-state index is 13.6. The van der Waals surface area contributed by atoms with E-state index in [1.807, 2.05) is 86.3 Å². The Kier molecular flexibility index (Phi) is 8.66. The number of carbonyl (C=O) groups is 2. The first kappa shape index (κ1) is 24.4. The number of rotatable bonds is 9. The SMILES string of the molecule is CC[C@@H](C(=O)N(Cc1cc(NC(=O)C(C)C)ccc1N(C)C)C(C)C)c1ccccc1. The molecule has 0 aliphatic rings. The fraction of sp³-hybridized carbons (Fsp3) is 0.462. The molecule has 0 radical (unpaired) electrons. The van der Waals surface area contributed by atoms with E-state index in [1.54, 1.807) is 0 Å². The third kappa shape index (κ3) is 6.33. The predicted octanol–water partition coefficient (Wildman–Crippen LogP) is 5.28. The highest BCUT2D eigenvalue weighted by Crippen LogP contribution is 2.29. The Labute approximate surface area is 187 Å². The molecule has 2 rings (SSSR count). The Hall–Kier alpha value is -2.82. The molecule has 2 amide bonds. The van der Waals surface area contributed by atoms with Gasteiger partial charge >= 0.3 is 0 Å². The Balaban J connectivity index is 2.38. The van der Waals surface area contributed by atoms with Crippen LogP contribution >= 0.6 is 0 Å². The van der Waals surface area contributed by atoms with Gasteiger partial charge in [-0.05, 0) is 49.6 Å². The highest BCUT2D eigenvalue weighted by atomic mass is 16.2. The molecule has 2 aromatic carbocycles. The van der Waals surface area contributed by atoms with Crippen LogP contribution in [0, 0.1) is 5.92 Å². The molecule has 0 unspecified atom stereocenters. The molecular weight excluding hydrogens is 386 g/mol. The van der Waals surface area contributed by atoms with Gasteiger partial charge in [-0.2, -0.15) is 0 Å². The first-order valence-electron chi connectivity index (χ1n) is 11.1. The topological polar surface area (TPSA) is 52.7 Å². The van der Waals surface area contributed by atoms with Crippen LogP contribution in [0.1, 0.15) is 58.1 Å². The van der Waals surface area contributed by atoms with Crippen LogP contribution in [-0.4, -0.2) is 36.9 Å². The summed E-state index contributed by atoms with van der Waals surface area (Å²) >= 11 is 0. The number of hydrogen-bond acceptors (Lipinski definition) is 3. The highest BCUT2D eigenvalue weighted by molar-refractivity contribution is 5.92. The van der Waals surface area contributed by atoms with Crippen molar-refractivity contribution in [2.75, 3.05) is 24.3 Å². The summed E-state index contributed by atoms with van der Waals surface area (Å²) in [6, 6.07) is 15.9. The van der Waals surface area contributed by atoms with Gasteiger partial charge in [0.2, 0.25) is 11.8 Å². The van der Waals surface area contributed by atoms with Crippen molar-refractivity contribution < 1.29 is 9.59 Å². The van der Waals surface area contributed by atoms with Gasteiger partial charge < -0.3 is 15.1 Å². The van der Waals surface area contributed by atoms with Crippen LogP contribution in [0.3, 0.4) is 0 Å². The molecule has 31 heavy (non-hydrogen) atoms. The summed E-state index contributed by atoms with van der Waals surface area (Å²) in [5.74, 6) is -0.155. The molecule has 2 aromatic rings. The first-order valence-corrected chi connectivity index (χ1v) is 11.1. The lowest BCUT2D eigenvalue weighted by atomic mass is 9.94. The zero-order valence-corrected chi connectivity index (χ0v) is 20.0. The molecule has 0 aliphatic heterocycles. The average molecular weight is 424 g/mol. The lowest BCUT2D eigenvalue weighted by molar-refractivity contribution is -0.135. The van der Waals surface area contributed by atoms with Crippen LogP contribution in [-0.2, 0) is 16.1 Å². The van der Waals surface area contributed by atoms with Gasteiger partial charge in [-0.1, -0.05) is 51.1 Å². The summed E-state index contributed by atoms with van der Waals surface area (Å²) in [6.07, 6.45) is 0.747. The third-order valence-electron chi connectivity index (χ3n) is 5.51. The van der Waals surface area contributed by atoms with Gasteiger partial charge in [-0.25, -0.2) is 0 Å². The summed E-state index contributed by atoms with van der Waals surface area (Å²) in [5, 5.41) is 2.98. The van der Waals surface area contributed by atoms with Crippen molar-refractivity contribution in [3.05, 3.63) is 59.7 Å². The molecule has 0 aromatic heterocycles. The van der Waals surface area contributed by atoms with Gasteiger partial charge in [0.15, 0.2) is 0 Å². The Morgan fingerprint density at radius 3 is 2.13 bits per heavy atom. The van der Waals surface area contributed by atoms with Crippen LogP contribution in [0.4, 0.5) is 11.4 Å². The lowest BCUT2D eigenvalue weighted by Gasteiger charge is -2.32. The van der Waals surface area contributed by atoms with E-state index in [2.05, 4.69) is 26.1 Å². The van der Waals surface area contributed by atoms with Crippen molar-refractivity contribution in [2.24, 2.45) is 5.92 Å². The maximum atomic E-state index is 13.6. The van der Waals surface area contributed by atoms with Crippen LogP contribution in [0.15, 0.2) is 48.5 Å². The van der Waals surface area contributed by atoms with Gasteiger partial charge in [0.25, 0.3) is 0 Å². The molecule has 1 N–H and O–H groups in total. The second-order valence-corrected chi connectivity index (χ2v) is 8.81. The zero-order valence-electron chi connectivity index (χ0n) is 20.0. The number of amides is 2. The van der Waals surface area contributed by atoms with E-state index in [0.717, 1.165) is 28.9 Å². The van der Waals surface area contributed by atoms with Gasteiger partial charge in [0.1, 0.15) is 0 Å². The minimum atomic E-state index is -0.171. The molecule has 0 fully saturated rings. The summed E-state index contributed by atoms with van der Waals surface area (Å²) in [4.78, 5) is 29.8. The van der Waals surface area contributed by atoms with E-state index in [0.29, 0.717) is 6.54 Å². The second kappa shape index (κ2) is 11.0. The molecule has 5 nitrogen and oxygen atoms in total. The maximum Gasteiger partial charge on any atom is 0.230 e. The van der Waals surface area contributed by atoms with Crippen LogP contribution < -0.4 is 10.2 Å². The standard InChI is InChI=1S/C26H37N3O2/c1-8-23(20-12-10-9-11-13-20)26(31)29(19(4)5)17-21-16-22(27-25(30)18(2)3)14-15-24(21)28(6)7/h9-16,18-19,23H,8,17H2,1-7H3,(H,27,30)/t23-/m1/s1. The molecular formula is C26H37N3O2. The summed E-state index contributed by atoms with van der Waals surface area (Å²) in [6.45, 7) is 10.4. The zero-order chi connectivity index (χ0) is 23.1.